The minimum atomic E-state index is -0.161. The van der Waals surface area contributed by atoms with Gasteiger partial charge in [-0.1, -0.05) is 67.4 Å². The van der Waals surface area contributed by atoms with Gasteiger partial charge in [-0.25, -0.2) is 4.39 Å². The van der Waals surface area contributed by atoms with E-state index in [2.05, 4.69) is 54.9 Å². The van der Waals surface area contributed by atoms with Gasteiger partial charge in [-0.15, -0.1) is 0 Å². The maximum atomic E-state index is 14.2. The van der Waals surface area contributed by atoms with Crippen LogP contribution in [-0.2, 0) is 6.42 Å². The van der Waals surface area contributed by atoms with Crippen LogP contribution in [0.15, 0.2) is 78.9 Å². The topological polar surface area (TPSA) is 0 Å². The Kier molecular flexibility index (Phi) is 6.16. The van der Waals surface area contributed by atoms with Crippen LogP contribution in [0.1, 0.15) is 46.7 Å². The normalized spacial score (nSPS) is 10.2. The molecule has 4 aromatic carbocycles. The summed E-state index contributed by atoms with van der Waals surface area (Å²) in [5.41, 5.74) is 5.77. The fourth-order valence-electron chi connectivity index (χ4n) is 3.45. The molecule has 0 amide bonds. The molecule has 0 aliphatic heterocycles. The first-order valence-corrected chi connectivity index (χ1v) is 10.5. The molecular formula is C30H23F. The molecule has 0 heterocycles. The molecule has 0 unspecified atom stereocenters. The molecule has 0 aromatic heterocycles. The molecule has 0 aliphatic carbocycles. The molecule has 0 N–H and O–H groups in total. The van der Waals surface area contributed by atoms with Crippen molar-refractivity contribution < 1.29 is 4.39 Å². The summed E-state index contributed by atoms with van der Waals surface area (Å²) in [6.07, 6.45) is 2.26. The highest BCUT2D eigenvalue weighted by molar-refractivity contribution is 5.85. The van der Waals surface area contributed by atoms with Crippen LogP contribution in [0.5, 0.6) is 0 Å². The van der Waals surface area contributed by atoms with Gasteiger partial charge < -0.3 is 0 Å². The van der Waals surface area contributed by atoms with Crippen molar-refractivity contribution in [1.29, 1.82) is 0 Å². The van der Waals surface area contributed by atoms with Gasteiger partial charge in [-0.2, -0.15) is 0 Å². The van der Waals surface area contributed by atoms with Gasteiger partial charge in [-0.3, -0.25) is 0 Å². The first-order valence-electron chi connectivity index (χ1n) is 10.5. The van der Waals surface area contributed by atoms with Crippen molar-refractivity contribution in [3.05, 3.63) is 118 Å². The Morgan fingerprint density at radius 3 is 1.74 bits per heavy atom. The lowest BCUT2D eigenvalue weighted by atomic mass is 10.0. The Labute approximate surface area is 183 Å². The fraction of sp³-hybridized carbons (Fsp3) is 0.133. The lowest BCUT2D eigenvalue weighted by molar-refractivity contribution is 0.631. The molecule has 0 saturated carbocycles. The second-order valence-corrected chi connectivity index (χ2v) is 7.66. The van der Waals surface area contributed by atoms with Crippen LogP contribution in [0.2, 0.25) is 0 Å². The van der Waals surface area contributed by atoms with Crippen LogP contribution in [0, 0.1) is 36.4 Å². The van der Waals surface area contributed by atoms with E-state index in [1.54, 1.807) is 19.1 Å². The molecular weight excluding hydrogens is 379 g/mol. The Morgan fingerprint density at radius 1 is 0.645 bits per heavy atom. The van der Waals surface area contributed by atoms with Crippen molar-refractivity contribution in [2.75, 3.05) is 0 Å². The summed E-state index contributed by atoms with van der Waals surface area (Å²) in [6, 6.07) is 25.7. The van der Waals surface area contributed by atoms with Crippen LogP contribution in [-0.4, -0.2) is 0 Å². The monoisotopic (exact) mass is 402 g/mol. The van der Waals surface area contributed by atoms with Gasteiger partial charge in [-0.05, 0) is 78.4 Å². The standard InChI is InChI=1S/C30H23F/c1-3-4-23-6-8-24(9-7-23)10-11-25-12-14-26(15-13-25)16-17-27-18-20-29-28(21-27)19-5-22(2)30(29)31/h5-9,12-15,18-21H,3-4H2,1-2H3. The summed E-state index contributed by atoms with van der Waals surface area (Å²) in [4.78, 5) is 0. The maximum absolute atomic E-state index is 14.2. The predicted molar refractivity (Wildman–Crippen MR) is 127 cm³/mol. The molecule has 0 spiro atoms. The van der Waals surface area contributed by atoms with Gasteiger partial charge in [0, 0.05) is 27.6 Å². The van der Waals surface area contributed by atoms with Crippen molar-refractivity contribution >= 4 is 10.8 Å². The smallest absolute Gasteiger partial charge is 0.133 e. The summed E-state index contributed by atoms with van der Waals surface area (Å²) < 4.78 is 14.2. The lowest BCUT2D eigenvalue weighted by Crippen LogP contribution is -1.86. The number of aryl methyl sites for hydroxylation is 2. The molecule has 0 atom stereocenters. The van der Waals surface area contributed by atoms with Gasteiger partial charge in [0.05, 0.1) is 0 Å². The van der Waals surface area contributed by atoms with E-state index in [1.165, 1.54) is 5.56 Å². The molecule has 0 saturated heterocycles. The van der Waals surface area contributed by atoms with Crippen molar-refractivity contribution in [2.24, 2.45) is 0 Å². The zero-order valence-electron chi connectivity index (χ0n) is 17.8. The van der Waals surface area contributed by atoms with E-state index in [1.807, 2.05) is 42.5 Å². The molecule has 4 aromatic rings. The number of rotatable bonds is 2. The molecule has 1 heteroatoms. The van der Waals surface area contributed by atoms with Gasteiger partial charge in [0.15, 0.2) is 0 Å². The van der Waals surface area contributed by atoms with E-state index >= 15 is 0 Å². The number of benzene rings is 4. The third kappa shape index (κ3) is 5.03. The predicted octanol–water partition coefficient (Wildman–Crippen LogP) is 7.04. The molecule has 0 aliphatic rings. The third-order valence-corrected chi connectivity index (χ3v) is 5.23. The number of hydrogen-bond donors (Lipinski definition) is 0. The van der Waals surface area contributed by atoms with E-state index in [0.29, 0.717) is 10.9 Å². The van der Waals surface area contributed by atoms with Crippen LogP contribution >= 0.6 is 0 Å². The molecule has 0 radical (unpaired) electrons. The molecule has 31 heavy (non-hydrogen) atoms. The summed E-state index contributed by atoms with van der Waals surface area (Å²) >= 11 is 0. The second-order valence-electron chi connectivity index (χ2n) is 7.66. The van der Waals surface area contributed by atoms with Gasteiger partial charge in [0.25, 0.3) is 0 Å². The Balaban J connectivity index is 1.48. The fourth-order valence-corrected chi connectivity index (χ4v) is 3.45. The van der Waals surface area contributed by atoms with Crippen molar-refractivity contribution in [3.8, 4) is 23.7 Å². The van der Waals surface area contributed by atoms with Crippen molar-refractivity contribution in [2.45, 2.75) is 26.7 Å². The Hall–Kier alpha value is -3.81. The number of hydrogen-bond acceptors (Lipinski definition) is 0. The average molecular weight is 403 g/mol. The number of halogens is 1. The second kappa shape index (κ2) is 9.34. The zero-order valence-corrected chi connectivity index (χ0v) is 17.8. The Bertz CT molecular complexity index is 1340. The highest BCUT2D eigenvalue weighted by atomic mass is 19.1. The minimum Gasteiger partial charge on any atom is -0.206 e. The first-order chi connectivity index (χ1) is 15.1. The zero-order chi connectivity index (χ0) is 21.6. The van der Waals surface area contributed by atoms with Gasteiger partial charge in [0.2, 0.25) is 0 Å². The molecule has 0 fully saturated rings. The third-order valence-electron chi connectivity index (χ3n) is 5.23. The summed E-state index contributed by atoms with van der Waals surface area (Å²) in [7, 11) is 0. The summed E-state index contributed by atoms with van der Waals surface area (Å²) in [5.74, 6) is 12.6. The molecule has 0 bridgehead atoms. The summed E-state index contributed by atoms with van der Waals surface area (Å²) in [5, 5.41) is 1.50. The number of fused-ring (bicyclic) bond motifs is 1. The maximum Gasteiger partial charge on any atom is 0.133 e. The van der Waals surface area contributed by atoms with Gasteiger partial charge in [0.1, 0.15) is 5.82 Å². The highest BCUT2D eigenvalue weighted by Gasteiger charge is 2.03. The Morgan fingerprint density at radius 2 is 1.16 bits per heavy atom. The van der Waals surface area contributed by atoms with E-state index in [0.717, 1.165) is 40.5 Å². The van der Waals surface area contributed by atoms with E-state index in [-0.39, 0.29) is 5.82 Å². The van der Waals surface area contributed by atoms with E-state index in [4.69, 9.17) is 0 Å². The van der Waals surface area contributed by atoms with Crippen LogP contribution in [0.3, 0.4) is 0 Å². The lowest BCUT2D eigenvalue weighted by Gasteiger charge is -2.03. The van der Waals surface area contributed by atoms with E-state index in [9.17, 15) is 4.39 Å². The molecule has 4 rings (SSSR count). The van der Waals surface area contributed by atoms with Gasteiger partial charge >= 0.3 is 0 Å². The average Bonchev–Trinajstić information content (AvgIpc) is 2.80. The van der Waals surface area contributed by atoms with Crippen molar-refractivity contribution in [3.63, 3.8) is 0 Å². The summed E-state index contributed by atoms with van der Waals surface area (Å²) in [6.45, 7) is 3.96. The van der Waals surface area contributed by atoms with E-state index < -0.39 is 0 Å². The van der Waals surface area contributed by atoms with Crippen LogP contribution in [0.25, 0.3) is 10.8 Å². The van der Waals surface area contributed by atoms with Crippen LogP contribution < -0.4 is 0 Å². The highest BCUT2D eigenvalue weighted by Crippen LogP contribution is 2.21. The minimum absolute atomic E-state index is 0.161. The SMILES string of the molecule is CCCc1ccc(C#Cc2ccc(C#Cc3ccc4c(F)c(C)ccc4c3)cc2)cc1. The molecule has 0 nitrogen and oxygen atoms in total. The largest absolute Gasteiger partial charge is 0.206 e. The van der Waals surface area contributed by atoms with Crippen LogP contribution in [0.4, 0.5) is 4.39 Å². The van der Waals surface area contributed by atoms with Crippen molar-refractivity contribution in [1.82, 2.24) is 0 Å². The quantitative estimate of drug-likeness (QED) is 0.316. The molecule has 150 valence electrons. The first kappa shape index (κ1) is 20.5.